The summed E-state index contributed by atoms with van der Waals surface area (Å²) in [5.41, 5.74) is 6.74. The van der Waals surface area contributed by atoms with Crippen LogP contribution in [-0.4, -0.2) is 43.5 Å². The Balaban J connectivity index is 1.31. The average molecular weight is 378 g/mol. The van der Waals surface area contributed by atoms with E-state index in [1.807, 2.05) is 0 Å². The molecule has 0 spiro atoms. The quantitative estimate of drug-likeness (QED) is 0.884. The van der Waals surface area contributed by atoms with Crippen LogP contribution in [0, 0.1) is 13.8 Å². The van der Waals surface area contributed by atoms with Crippen LogP contribution >= 0.6 is 0 Å². The minimum Gasteiger partial charge on any atom is -0.369 e. The molecule has 2 aromatic carbocycles. The molecule has 4 rings (SSSR count). The molecule has 0 bridgehead atoms. The number of piperazine rings is 1. The molecule has 4 nitrogen and oxygen atoms in total. The lowest BCUT2D eigenvalue weighted by molar-refractivity contribution is -0.123. The summed E-state index contributed by atoms with van der Waals surface area (Å²) in [4.78, 5) is 17.4. The molecule has 1 heterocycles. The molecule has 1 aliphatic heterocycles. The summed E-state index contributed by atoms with van der Waals surface area (Å²) >= 11 is 0. The second-order valence-electron chi connectivity index (χ2n) is 8.19. The molecule has 28 heavy (non-hydrogen) atoms. The fourth-order valence-corrected chi connectivity index (χ4v) is 4.57. The van der Waals surface area contributed by atoms with E-state index in [0.29, 0.717) is 6.54 Å². The summed E-state index contributed by atoms with van der Waals surface area (Å²) in [6.45, 7) is 8.69. The van der Waals surface area contributed by atoms with Gasteiger partial charge < -0.3 is 10.2 Å². The first kappa shape index (κ1) is 19.0. The minimum absolute atomic E-state index is 0.155. The Morgan fingerprint density at radius 1 is 1.04 bits per heavy atom. The standard InChI is InChI=1S/C24H31N3O/c1-18-7-5-12-23(19(18)2)27-15-13-26(14-16-27)17-24(28)25-22-11-6-9-20-8-3-4-10-21(20)22/h3-5,7-8,10,12,22H,6,9,11,13-17H2,1-2H3,(H,25,28). The molecule has 0 aromatic heterocycles. The van der Waals surface area contributed by atoms with E-state index in [0.717, 1.165) is 45.4 Å². The molecule has 1 aliphatic carbocycles. The van der Waals surface area contributed by atoms with Gasteiger partial charge in [-0.3, -0.25) is 9.69 Å². The van der Waals surface area contributed by atoms with Crippen molar-refractivity contribution < 1.29 is 4.79 Å². The molecule has 148 valence electrons. The molecule has 0 saturated carbocycles. The summed E-state index contributed by atoms with van der Waals surface area (Å²) < 4.78 is 0. The van der Waals surface area contributed by atoms with Gasteiger partial charge in [0.25, 0.3) is 0 Å². The second-order valence-corrected chi connectivity index (χ2v) is 8.19. The molecule has 1 saturated heterocycles. The highest BCUT2D eigenvalue weighted by Crippen LogP contribution is 2.29. The monoisotopic (exact) mass is 377 g/mol. The Bertz CT molecular complexity index is 839. The molecule has 1 fully saturated rings. The van der Waals surface area contributed by atoms with Gasteiger partial charge in [0.05, 0.1) is 12.6 Å². The van der Waals surface area contributed by atoms with E-state index in [2.05, 4.69) is 71.4 Å². The number of benzene rings is 2. The van der Waals surface area contributed by atoms with Gasteiger partial charge in [-0.2, -0.15) is 0 Å². The third-order valence-electron chi connectivity index (χ3n) is 6.36. The predicted octanol–water partition coefficient (Wildman–Crippen LogP) is 3.62. The largest absolute Gasteiger partial charge is 0.369 e. The maximum Gasteiger partial charge on any atom is 0.234 e. The summed E-state index contributed by atoms with van der Waals surface area (Å²) in [5.74, 6) is 0.155. The fraction of sp³-hybridized carbons (Fsp3) is 0.458. The predicted molar refractivity (Wildman–Crippen MR) is 115 cm³/mol. The van der Waals surface area contributed by atoms with Crippen molar-refractivity contribution in [1.29, 1.82) is 0 Å². The van der Waals surface area contributed by atoms with E-state index in [1.165, 1.54) is 27.9 Å². The SMILES string of the molecule is Cc1cccc(N2CCN(CC(=O)NC3CCCc4ccccc43)CC2)c1C. The number of hydrogen-bond acceptors (Lipinski definition) is 3. The fourth-order valence-electron chi connectivity index (χ4n) is 4.57. The Labute approximate surface area is 168 Å². The Morgan fingerprint density at radius 2 is 1.82 bits per heavy atom. The van der Waals surface area contributed by atoms with E-state index >= 15 is 0 Å². The summed E-state index contributed by atoms with van der Waals surface area (Å²) in [5, 5.41) is 3.29. The molecule has 0 radical (unpaired) electrons. The van der Waals surface area contributed by atoms with Crippen LogP contribution < -0.4 is 10.2 Å². The molecule has 4 heteroatoms. The smallest absolute Gasteiger partial charge is 0.234 e. The van der Waals surface area contributed by atoms with Gasteiger partial charge in [-0.15, -0.1) is 0 Å². The molecule has 2 aliphatic rings. The first-order chi connectivity index (χ1) is 13.6. The normalized spacial score (nSPS) is 19.9. The number of nitrogens with zero attached hydrogens (tertiary/aromatic N) is 2. The van der Waals surface area contributed by atoms with Crippen LogP contribution in [0.2, 0.25) is 0 Å². The van der Waals surface area contributed by atoms with Crippen molar-refractivity contribution in [3.05, 3.63) is 64.7 Å². The number of hydrogen-bond donors (Lipinski definition) is 1. The highest BCUT2D eigenvalue weighted by atomic mass is 16.2. The number of aryl methyl sites for hydroxylation is 2. The van der Waals surface area contributed by atoms with Gasteiger partial charge in [0.15, 0.2) is 0 Å². The van der Waals surface area contributed by atoms with Crippen molar-refractivity contribution in [3.8, 4) is 0 Å². The van der Waals surface area contributed by atoms with Crippen molar-refractivity contribution in [2.24, 2.45) is 0 Å². The van der Waals surface area contributed by atoms with Crippen LogP contribution in [0.25, 0.3) is 0 Å². The summed E-state index contributed by atoms with van der Waals surface area (Å²) in [7, 11) is 0. The lowest BCUT2D eigenvalue weighted by Gasteiger charge is -2.37. The van der Waals surface area contributed by atoms with Crippen molar-refractivity contribution in [2.45, 2.75) is 39.2 Å². The number of rotatable bonds is 4. The zero-order chi connectivity index (χ0) is 19.5. The molecular weight excluding hydrogens is 346 g/mol. The Morgan fingerprint density at radius 3 is 2.64 bits per heavy atom. The zero-order valence-electron chi connectivity index (χ0n) is 17.1. The maximum absolute atomic E-state index is 12.7. The van der Waals surface area contributed by atoms with Gasteiger partial charge in [-0.1, -0.05) is 36.4 Å². The van der Waals surface area contributed by atoms with Gasteiger partial charge in [-0.25, -0.2) is 0 Å². The lowest BCUT2D eigenvalue weighted by Crippen LogP contribution is -2.50. The van der Waals surface area contributed by atoms with Crippen LogP contribution in [0.5, 0.6) is 0 Å². The van der Waals surface area contributed by atoms with Gasteiger partial charge in [-0.05, 0) is 61.4 Å². The second kappa shape index (κ2) is 8.36. The van der Waals surface area contributed by atoms with Gasteiger partial charge in [0.1, 0.15) is 0 Å². The third-order valence-corrected chi connectivity index (χ3v) is 6.36. The topological polar surface area (TPSA) is 35.6 Å². The molecule has 1 amide bonds. The van der Waals surface area contributed by atoms with Crippen LogP contribution in [0.3, 0.4) is 0 Å². The highest BCUT2D eigenvalue weighted by Gasteiger charge is 2.24. The van der Waals surface area contributed by atoms with Crippen LogP contribution in [-0.2, 0) is 11.2 Å². The molecular formula is C24H31N3O. The van der Waals surface area contributed by atoms with Crippen molar-refractivity contribution in [1.82, 2.24) is 10.2 Å². The van der Waals surface area contributed by atoms with Crippen molar-refractivity contribution in [2.75, 3.05) is 37.6 Å². The van der Waals surface area contributed by atoms with Gasteiger partial charge >= 0.3 is 0 Å². The van der Waals surface area contributed by atoms with Gasteiger partial charge in [0.2, 0.25) is 5.91 Å². The number of carbonyl (C=O) groups excluding carboxylic acids is 1. The first-order valence-electron chi connectivity index (χ1n) is 10.5. The average Bonchev–Trinajstić information content (AvgIpc) is 2.71. The van der Waals surface area contributed by atoms with Crippen molar-refractivity contribution in [3.63, 3.8) is 0 Å². The molecule has 1 unspecified atom stereocenters. The number of anilines is 1. The van der Waals surface area contributed by atoms with Crippen LogP contribution in [0.4, 0.5) is 5.69 Å². The summed E-state index contributed by atoms with van der Waals surface area (Å²) in [6, 6.07) is 15.2. The Hall–Kier alpha value is -2.33. The third kappa shape index (κ3) is 4.07. The lowest BCUT2D eigenvalue weighted by atomic mass is 9.88. The highest BCUT2D eigenvalue weighted by molar-refractivity contribution is 5.78. The van der Waals surface area contributed by atoms with E-state index in [1.54, 1.807) is 0 Å². The van der Waals surface area contributed by atoms with E-state index < -0.39 is 0 Å². The molecule has 1 atom stereocenters. The molecule has 1 N–H and O–H groups in total. The van der Waals surface area contributed by atoms with E-state index in [9.17, 15) is 4.79 Å². The number of carbonyl (C=O) groups is 1. The van der Waals surface area contributed by atoms with E-state index in [-0.39, 0.29) is 11.9 Å². The van der Waals surface area contributed by atoms with Gasteiger partial charge in [0, 0.05) is 31.9 Å². The number of nitrogens with one attached hydrogen (secondary N) is 1. The zero-order valence-corrected chi connectivity index (χ0v) is 17.1. The number of amides is 1. The Kier molecular flexibility index (Phi) is 5.67. The molecule has 2 aromatic rings. The maximum atomic E-state index is 12.7. The van der Waals surface area contributed by atoms with Crippen LogP contribution in [0.1, 0.15) is 41.1 Å². The van der Waals surface area contributed by atoms with E-state index in [4.69, 9.17) is 0 Å². The number of fused-ring (bicyclic) bond motifs is 1. The summed E-state index contributed by atoms with van der Waals surface area (Å²) in [6.07, 6.45) is 3.32. The minimum atomic E-state index is 0.155. The van der Waals surface area contributed by atoms with Crippen molar-refractivity contribution >= 4 is 11.6 Å². The van der Waals surface area contributed by atoms with Crippen LogP contribution in [0.15, 0.2) is 42.5 Å². The first-order valence-corrected chi connectivity index (χ1v) is 10.5.